The molecule has 30 heteroatoms. The predicted molar refractivity (Wildman–Crippen MR) is 495 cm³/mol. The summed E-state index contributed by atoms with van der Waals surface area (Å²) in [6.45, 7) is 11.3. The number of methoxy groups -OCH3 is 8. The highest BCUT2D eigenvalue weighted by molar-refractivity contribution is 6.99. The normalized spacial score (nSPS) is 31.8. The van der Waals surface area contributed by atoms with Crippen molar-refractivity contribution in [3.8, 4) is 0 Å². The van der Waals surface area contributed by atoms with Gasteiger partial charge >= 0.3 is 0 Å². The number of aliphatic hydroxyl groups is 5. The quantitative estimate of drug-likeness (QED) is 0.0272. The molecule has 134 heavy (non-hydrogen) atoms. The van der Waals surface area contributed by atoms with Gasteiger partial charge in [0.1, 0.15) is 116 Å². The molecule has 0 spiro atoms. The first-order chi connectivity index (χ1) is 65.3. The van der Waals surface area contributed by atoms with Crippen LogP contribution in [0, 0.1) is 0 Å². The highest BCUT2D eigenvalue weighted by Crippen LogP contribution is 2.42. The zero-order chi connectivity index (χ0) is 94.5. The first-order valence-corrected chi connectivity index (χ1v) is 47.4. The van der Waals surface area contributed by atoms with Gasteiger partial charge in [0.2, 0.25) is 0 Å². The molecule has 28 atom stereocenters. The largest absolute Gasteiger partial charge is 0.405 e. The highest BCUT2D eigenvalue weighted by atomic mass is 28.4. The summed E-state index contributed by atoms with van der Waals surface area (Å²) >= 11 is 0. The lowest BCUT2D eigenvalue weighted by atomic mass is 9.97. The molecule has 0 amide bonds. The van der Waals surface area contributed by atoms with Gasteiger partial charge in [0.05, 0.1) is 59.0 Å². The van der Waals surface area contributed by atoms with Crippen molar-refractivity contribution in [1.82, 2.24) is 0 Å². The summed E-state index contributed by atoms with van der Waals surface area (Å²) in [5.41, 5.74) is 6.88. The number of hydrogen-bond donors (Lipinski definition) is 5. The Kier molecular flexibility index (Phi) is 39.8. The third-order valence-electron chi connectivity index (χ3n) is 24.8. The molecule has 0 aromatic heterocycles. The lowest BCUT2D eigenvalue weighted by molar-refractivity contribution is -0.366. The second-order valence-electron chi connectivity index (χ2n) is 34.4. The van der Waals surface area contributed by atoms with E-state index in [4.69, 9.17) is 113 Å². The first-order valence-electron chi connectivity index (χ1n) is 45.5. The Hall–Kier alpha value is -7.96. The molecule has 5 N–H and O–H groups in total. The van der Waals surface area contributed by atoms with Crippen molar-refractivity contribution in [1.29, 1.82) is 0 Å². The summed E-state index contributed by atoms with van der Waals surface area (Å²) in [6, 6.07) is 89.3. The van der Waals surface area contributed by atoms with Crippen molar-refractivity contribution in [3.05, 3.63) is 312 Å². The van der Waals surface area contributed by atoms with Crippen LogP contribution in [0.15, 0.2) is 273 Å². The third-order valence-corrected chi connectivity index (χ3v) is 29.8. The molecule has 0 saturated carbocycles. The fourth-order valence-electron chi connectivity index (χ4n) is 17.8. The van der Waals surface area contributed by atoms with Gasteiger partial charge in [0.15, 0.2) is 50.3 Å². The van der Waals surface area contributed by atoms with E-state index in [0.29, 0.717) is 46.1 Å². The Morgan fingerprint density at radius 2 is 0.567 bits per heavy atom. The zero-order valence-corrected chi connectivity index (χ0v) is 79.0. The average molecular weight is 1870 g/mol. The number of fused-ring (bicyclic) bond motifs is 3. The van der Waals surface area contributed by atoms with Crippen LogP contribution < -0.4 is 10.4 Å². The van der Waals surface area contributed by atoms with Gasteiger partial charge in [-0.15, -0.1) is 0 Å². The van der Waals surface area contributed by atoms with Gasteiger partial charge in [0, 0.05) is 73.6 Å². The van der Waals surface area contributed by atoms with Crippen molar-refractivity contribution >= 4 is 18.7 Å². The van der Waals surface area contributed by atoms with E-state index in [9.17, 15) is 25.5 Å². The standard InChI is InChI=1S/C31H40O6Si.C22H26O6.C21H24O6.C16H24O5.C14H18O6/c1-31(2,3)38(24-17-11-7-12-18-24,25-19-13-8-14-20-25)36-22-26-27(32)28(33-4)29(30(34-5)37-26)35-21-23-15-9-6-10-16-23;1-23-19-18-17(14-26-21(28-18)16-11-7-4-8-12-16)27-22(24-2)20(19)25-13-15-9-5-3-6-10-15;1-23-21-19(24-12-14-8-4-2-5-9-14)17(22)18-16(26-21)13-25-20(27-18)15-10-6-3-7-11-15;1-4-12-13(17)14(18-2)15(16(19-3)21-12)20-10-11-8-6-5-7-9-11;1-17-14-11(16)10(15)12-9(19-14)7-18-13(20-12)8-5-3-2-4-6-8/h6-20,26-30,32H,21-22H2,1-5H3;3-12,17-22H,13-14H2,1-2H3;2-11,16-22H,12-13H2,1H3;5-9,12-17H,4,10H2,1-3H3;2-6,9-16H,7H2,1H3/t26?,27-,28+,29?,30+;17?,18-,19+,20?,21?,22+;16?,17-,18+,19?,20?,21-;12?,13-,14+,15?,16+;9?,10-,11?,12-,13?,14+/m11011/s1. The smallest absolute Gasteiger partial charge is 0.261 e. The third kappa shape index (κ3) is 26.1. The molecule has 8 aliphatic heterocycles. The molecule has 29 nitrogen and oxygen atoms in total. The van der Waals surface area contributed by atoms with E-state index in [2.05, 4.69) is 69.3 Å². The van der Waals surface area contributed by atoms with E-state index in [-0.39, 0.29) is 42.7 Å². The topological polar surface area (TPSA) is 323 Å². The maximum atomic E-state index is 11.4. The summed E-state index contributed by atoms with van der Waals surface area (Å²) in [5.74, 6) is 0. The Morgan fingerprint density at radius 1 is 0.284 bits per heavy atom. The van der Waals surface area contributed by atoms with E-state index in [0.717, 1.165) is 38.9 Å². The molecule has 13 unspecified atom stereocenters. The second-order valence-corrected chi connectivity index (χ2v) is 38.7. The molecule has 8 saturated heterocycles. The van der Waals surface area contributed by atoms with E-state index < -0.39 is 156 Å². The Balaban J connectivity index is 0.000000145. The Bertz CT molecular complexity index is 4680. The van der Waals surface area contributed by atoms with Crippen LogP contribution in [0.5, 0.6) is 0 Å². The Labute approximate surface area is 786 Å². The number of rotatable bonds is 29. The SMILES string of the molecule is CCC1O[C@H](OC)C(OCc2ccccc2)[C@@H](OC)[C@@H]1O.CO[C@H]1OC(CO[Si](c2ccccc2)(c2ccccc2)C(C)(C)C)[C@@H](O)[C@H](OC)C1OCc1ccccc1.CO[C@H]1OC2COC(c3ccccc3)O[C@H]2[C@H](O)C1O.CO[C@H]1OC2COC(c3ccccc3)O[C@H]2[C@H](O)C1OCc1ccccc1.CO[C@H]1OC2COC(c3ccccc3)O[C@H]2[C@H](OC)C1OCc1ccccc1. The van der Waals surface area contributed by atoms with Crippen LogP contribution in [0.25, 0.3) is 0 Å². The summed E-state index contributed by atoms with van der Waals surface area (Å²) in [5, 5.41) is 54.9. The van der Waals surface area contributed by atoms with Gasteiger partial charge < -0.3 is 139 Å². The van der Waals surface area contributed by atoms with Crippen LogP contribution >= 0.6 is 0 Å². The van der Waals surface area contributed by atoms with Crippen LogP contribution in [0.3, 0.4) is 0 Å². The lowest BCUT2D eigenvalue weighted by Crippen LogP contribution is -2.68. The molecule has 8 aliphatic rings. The average Bonchev–Trinajstić information content (AvgIpc) is 0.340. The van der Waals surface area contributed by atoms with Crippen molar-refractivity contribution < 1.29 is 139 Å². The van der Waals surface area contributed by atoms with E-state index in [1.165, 1.54) is 24.6 Å². The minimum atomic E-state index is -2.81. The van der Waals surface area contributed by atoms with Crippen LogP contribution in [-0.2, 0) is 140 Å². The van der Waals surface area contributed by atoms with E-state index >= 15 is 0 Å². The fraction of sp³-hybridized carbons (Fsp3) is 0.481. The van der Waals surface area contributed by atoms with Crippen molar-refractivity contribution in [3.63, 3.8) is 0 Å². The minimum Gasteiger partial charge on any atom is -0.405 e. The van der Waals surface area contributed by atoms with Crippen LogP contribution in [0.1, 0.15) is 91.9 Å². The van der Waals surface area contributed by atoms with Gasteiger partial charge in [-0.05, 0) is 44.1 Å². The van der Waals surface area contributed by atoms with Crippen LogP contribution in [0.2, 0.25) is 5.04 Å². The van der Waals surface area contributed by atoms with E-state index in [1.54, 1.807) is 42.7 Å². The molecule has 0 bridgehead atoms. The Morgan fingerprint density at radius 3 is 0.910 bits per heavy atom. The molecule has 0 aliphatic carbocycles. The van der Waals surface area contributed by atoms with Crippen LogP contribution in [0.4, 0.5) is 0 Å². The van der Waals surface area contributed by atoms with Gasteiger partial charge in [-0.2, -0.15) is 0 Å². The summed E-state index contributed by atoms with van der Waals surface area (Å²) < 4.78 is 140. The molecule has 726 valence electrons. The van der Waals surface area contributed by atoms with Crippen molar-refractivity contribution in [2.24, 2.45) is 0 Å². The first kappa shape index (κ1) is 103. The predicted octanol–water partition coefficient (Wildman–Crippen LogP) is 11.3. The van der Waals surface area contributed by atoms with Gasteiger partial charge in [-0.3, -0.25) is 0 Å². The zero-order valence-electron chi connectivity index (χ0n) is 78.0. The molecule has 8 heterocycles. The molecule has 9 aromatic rings. The summed E-state index contributed by atoms with van der Waals surface area (Å²) in [7, 11) is 9.70. The lowest BCUT2D eigenvalue weighted by Gasteiger charge is -2.48. The van der Waals surface area contributed by atoms with Gasteiger partial charge in [-0.25, -0.2) is 0 Å². The van der Waals surface area contributed by atoms with E-state index in [1.807, 2.05) is 231 Å². The molecule has 8 fully saturated rings. The summed E-state index contributed by atoms with van der Waals surface area (Å²) in [4.78, 5) is 0. The second kappa shape index (κ2) is 51.6. The van der Waals surface area contributed by atoms with Gasteiger partial charge in [0.25, 0.3) is 8.32 Å². The maximum absolute atomic E-state index is 11.4. The van der Waals surface area contributed by atoms with Crippen LogP contribution in [-0.4, -0.2) is 271 Å². The summed E-state index contributed by atoms with van der Waals surface area (Å²) in [6.07, 6.45) is -16.4. The molecular weight excluding hydrogens is 1740 g/mol. The highest BCUT2D eigenvalue weighted by Gasteiger charge is 2.57. The molecule has 0 radical (unpaired) electrons. The van der Waals surface area contributed by atoms with Gasteiger partial charge in [-0.1, -0.05) is 301 Å². The van der Waals surface area contributed by atoms with Crippen molar-refractivity contribution in [2.75, 3.05) is 83.3 Å². The number of hydrogen-bond acceptors (Lipinski definition) is 29. The number of benzene rings is 9. The molecular formula is C104H132O29Si. The monoisotopic (exact) mass is 1870 g/mol. The number of ether oxygens (including phenoxy) is 23. The molecule has 17 rings (SSSR count). The molecule has 9 aromatic carbocycles. The number of aliphatic hydroxyl groups excluding tert-OH is 5. The van der Waals surface area contributed by atoms with Crippen molar-refractivity contribution in [2.45, 2.75) is 238 Å². The fourth-order valence-corrected chi connectivity index (χ4v) is 22.4. The maximum Gasteiger partial charge on any atom is 0.261 e. The minimum absolute atomic E-state index is 0.180.